The summed E-state index contributed by atoms with van der Waals surface area (Å²) in [6, 6.07) is 5.35. The Kier molecular flexibility index (Phi) is 9.08. The van der Waals surface area contributed by atoms with E-state index in [4.69, 9.17) is 0 Å². The summed E-state index contributed by atoms with van der Waals surface area (Å²) in [4.78, 5) is 5.00. The van der Waals surface area contributed by atoms with Gasteiger partial charge in [-0.25, -0.2) is 13.4 Å². The van der Waals surface area contributed by atoms with Crippen molar-refractivity contribution in [1.29, 1.82) is 0 Å². The molecule has 0 unspecified atom stereocenters. The van der Waals surface area contributed by atoms with Crippen LogP contribution in [0.15, 0.2) is 28.1 Å². The lowest BCUT2D eigenvalue weighted by atomic mass is 10.1. The minimum absolute atomic E-state index is 0. The molecular formula is C20H31IN6O2S. The molecule has 2 heterocycles. The van der Waals surface area contributed by atoms with Gasteiger partial charge in [0.15, 0.2) is 21.6 Å². The Hall–Kier alpha value is -1.69. The van der Waals surface area contributed by atoms with Crippen LogP contribution in [0.3, 0.4) is 0 Å². The lowest BCUT2D eigenvalue weighted by Crippen LogP contribution is -2.37. The van der Waals surface area contributed by atoms with Gasteiger partial charge in [-0.05, 0) is 43.9 Å². The van der Waals surface area contributed by atoms with Crippen LogP contribution >= 0.6 is 24.0 Å². The summed E-state index contributed by atoms with van der Waals surface area (Å²) in [5.41, 5.74) is 1.70. The molecular weight excluding hydrogens is 515 g/mol. The fraction of sp³-hybridized carbons (Fsp3) is 0.550. The van der Waals surface area contributed by atoms with E-state index in [1.165, 1.54) is 19.1 Å². The minimum Gasteiger partial charge on any atom is -0.357 e. The zero-order valence-electron chi connectivity index (χ0n) is 17.8. The minimum atomic E-state index is -3.21. The van der Waals surface area contributed by atoms with Crippen molar-refractivity contribution in [3.63, 3.8) is 0 Å². The number of aryl methyl sites for hydroxylation is 2. The molecule has 2 N–H and O–H groups in total. The third-order valence-electron chi connectivity index (χ3n) is 5.00. The van der Waals surface area contributed by atoms with Crippen LogP contribution in [0, 0.1) is 6.92 Å². The maximum absolute atomic E-state index is 11.8. The molecule has 1 aliphatic heterocycles. The van der Waals surface area contributed by atoms with E-state index < -0.39 is 9.84 Å². The summed E-state index contributed by atoms with van der Waals surface area (Å²) in [6.07, 6.45) is 5.79. The molecule has 0 radical (unpaired) electrons. The normalized spacial score (nSPS) is 14.4. The first-order valence-corrected chi connectivity index (χ1v) is 12.0. The first-order chi connectivity index (χ1) is 13.9. The van der Waals surface area contributed by atoms with Gasteiger partial charge in [0, 0.05) is 25.8 Å². The second-order valence-electron chi connectivity index (χ2n) is 7.42. The van der Waals surface area contributed by atoms with Crippen molar-refractivity contribution < 1.29 is 8.42 Å². The monoisotopic (exact) mass is 546 g/mol. The van der Waals surface area contributed by atoms with Crippen LogP contribution < -0.4 is 10.6 Å². The van der Waals surface area contributed by atoms with Crippen molar-refractivity contribution in [2.75, 3.05) is 12.8 Å². The SMILES string of the molecule is CCNC(=NCc1ccc(S(C)(=O)=O)c(C)c1)NCc1nnc2n1CCCCC2.I. The van der Waals surface area contributed by atoms with Gasteiger partial charge in [0.2, 0.25) is 0 Å². The first-order valence-electron chi connectivity index (χ1n) is 10.1. The molecule has 1 aromatic carbocycles. The van der Waals surface area contributed by atoms with Crippen LogP contribution in [-0.2, 0) is 35.9 Å². The van der Waals surface area contributed by atoms with Crippen LogP contribution in [0.2, 0.25) is 0 Å². The molecule has 0 bridgehead atoms. The van der Waals surface area contributed by atoms with E-state index in [2.05, 4.69) is 30.4 Å². The first kappa shape index (κ1) is 24.6. The number of hydrogen-bond donors (Lipinski definition) is 2. The largest absolute Gasteiger partial charge is 0.357 e. The number of benzene rings is 1. The molecule has 0 spiro atoms. The zero-order valence-corrected chi connectivity index (χ0v) is 21.0. The van der Waals surface area contributed by atoms with Gasteiger partial charge in [-0.3, -0.25) is 0 Å². The Morgan fingerprint density at radius 1 is 1.20 bits per heavy atom. The third-order valence-corrected chi connectivity index (χ3v) is 6.26. The quantitative estimate of drug-likeness (QED) is 0.328. The smallest absolute Gasteiger partial charge is 0.191 e. The predicted molar refractivity (Wildman–Crippen MR) is 129 cm³/mol. The van der Waals surface area contributed by atoms with E-state index in [-0.39, 0.29) is 24.0 Å². The highest BCUT2D eigenvalue weighted by molar-refractivity contribution is 14.0. The molecule has 1 aliphatic rings. The van der Waals surface area contributed by atoms with Gasteiger partial charge < -0.3 is 15.2 Å². The van der Waals surface area contributed by atoms with Gasteiger partial charge in [0.1, 0.15) is 5.82 Å². The maximum atomic E-state index is 11.8. The van der Waals surface area contributed by atoms with Gasteiger partial charge in [0.05, 0.1) is 18.0 Å². The van der Waals surface area contributed by atoms with Crippen molar-refractivity contribution in [3.8, 4) is 0 Å². The summed E-state index contributed by atoms with van der Waals surface area (Å²) in [5.74, 6) is 2.70. The second kappa shape index (κ2) is 11.1. The average Bonchev–Trinajstić information content (AvgIpc) is 2.89. The standard InChI is InChI=1S/C20H30N6O2S.HI/c1-4-21-20(22-13-16-9-10-17(15(2)12-16)29(3,27)28)23-14-19-25-24-18-8-6-5-7-11-26(18)19;/h9-10,12H,4-8,11,13-14H2,1-3H3,(H2,21,22,23);1H. The van der Waals surface area contributed by atoms with Gasteiger partial charge in [-0.2, -0.15) is 0 Å². The van der Waals surface area contributed by atoms with Crippen LogP contribution in [-0.4, -0.2) is 41.9 Å². The summed E-state index contributed by atoms with van der Waals surface area (Å²) in [7, 11) is -3.21. The van der Waals surface area contributed by atoms with E-state index in [0.29, 0.717) is 23.9 Å². The number of nitrogens with zero attached hydrogens (tertiary/aromatic N) is 4. The molecule has 30 heavy (non-hydrogen) atoms. The zero-order chi connectivity index (χ0) is 20.9. The molecule has 0 saturated heterocycles. The van der Waals surface area contributed by atoms with Crippen molar-refractivity contribution in [2.45, 2.75) is 64.1 Å². The van der Waals surface area contributed by atoms with Crippen LogP contribution in [0.25, 0.3) is 0 Å². The highest BCUT2D eigenvalue weighted by Gasteiger charge is 2.15. The summed E-state index contributed by atoms with van der Waals surface area (Å²) in [5, 5.41) is 15.3. The predicted octanol–water partition coefficient (Wildman–Crippen LogP) is 2.59. The summed E-state index contributed by atoms with van der Waals surface area (Å²) < 4.78 is 25.8. The van der Waals surface area contributed by atoms with Crippen molar-refractivity contribution in [3.05, 3.63) is 41.0 Å². The van der Waals surface area contributed by atoms with Crippen molar-refractivity contribution in [2.24, 2.45) is 4.99 Å². The molecule has 8 nitrogen and oxygen atoms in total. The van der Waals surface area contributed by atoms with Crippen LogP contribution in [0.4, 0.5) is 0 Å². The molecule has 0 amide bonds. The van der Waals surface area contributed by atoms with Crippen molar-refractivity contribution in [1.82, 2.24) is 25.4 Å². The molecule has 3 rings (SSSR count). The summed E-state index contributed by atoms with van der Waals surface area (Å²) >= 11 is 0. The number of halogens is 1. The molecule has 10 heteroatoms. The van der Waals surface area contributed by atoms with Gasteiger partial charge in [-0.1, -0.05) is 18.6 Å². The number of hydrogen-bond acceptors (Lipinski definition) is 5. The number of aromatic nitrogens is 3. The molecule has 166 valence electrons. The Balaban J connectivity index is 0.00000320. The Morgan fingerprint density at radius 2 is 2.00 bits per heavy atom. The molecule has 0 aliphatic carbocycles. The van der Waals surface area contributed by atoms with Gasteiger partial charge in [-0.15, -0.1) is 34.2 Å². The molecule has 0 saturated carbocycles. The molecule has 0 fully saturated rings. The Morgan fingerprint density at radius 3 is 2.70 bits per heavy atom. The van der Waals surface area contributed by atoms with E-state index in [1.54, 1.807) is 6.07 Å². The summed E-state index contributed by atoms with van der Waals surface area (Å²) in [6.45, 7) is 6.56. The van der Waals surface area contributed by atoms with Crippen LogP contribution in [0.1, 0.15) is 49.0 Å². The average molecular weight is 546 g/mol. The molecule has 1 aromatic heterocycles. The van der Waals surface area contributed by atoms with E-state index in [0.717, 1.165) is 48.7 Å². The number of nitrogens with one attached hydrogen (secondary N) is 2. The lowest BCUT2D eigenvalue weighted by Gasteiger charge is -2.12. The number of aliphatic imine (C=N–C) groups is 1. The number of fused-ring (bicyclic) bond motifs is 1. The van der Waals surface area contributed by atoms with E-state index in [1.807, 2.05) is 26.0 Å². The molecule has 2 aromatic rings. The van der Waals surface area contributed by atoms with Crippen LogP contribution in [0.5, 0.6) is 0 Å². The van der Waals surface area contributed by atoms with Gasteiger partial charge in [0.25, 0.3) is 0 Å². The lowest BCUT2D eigenvalue weighted by molar-refractivity contribution is 0.596. The Bertz CT molecular complexity index is 987. The maximum Gasteiger partial charge on any atom is 0.191 e. The topological polar surface area (TPSA) is 101 Å². The van der Waals surface area contributed by atoms with E-state index in [9.17, 15) is 8.42 Å². The number of sulfone groups is 1. The fourth-order valence-electron chi connectivity index (χ4n) is 3.58. The molecule has 0 atom stereocenters. The van der Waals surface area contributed by atoms with Crippen molar-refractivity contribution >= 4 is 39.8 Å². The highest BCUT2D eigenvalue weighted by atomic mass is 127. The fourth-order valence-corrected chi connectivity index (χ4v) is 4.54. The number of guanidine groups is 1. The number of rotatable bonds is 6. The second-order valence-corrected chi connectivity index (χ2v) is 9.40. The Labute approximate surface area is 195 Å². The van der Waals surface area contributed by atoms with Gasteiger partial charge >= 0.3 is 0 Å². The highest BCUT2D eigenvalue weighted by Crippen LogP contribution is 2.17. The third kappa shape index (κ3) is 6.40. The van der Waals surface area contributed by atoms with E-state index >= 15 is 0 Å².